The summed E-state index contributed by atoms with van der Waals surface area (Å²) in [6.07, 6.45) is 6.11. The highest BCUT2D eigenvalue weighted by Crippen LogP contribution is 2.40. The molecule has 1 saturated carbocycles. The molecule has 5 heteroatoms. The minimum Gasteiger partial charge on any atom is -0.312 e. The van der Waals surface area contributed by atoms with E-state index >= 15 is 0 Å². The Balaban J connectivity index is 1.57. The number of nitrogens with one attached hydrogen (secondary N) is 2. The maximum Gasteiger partial charge on any atom is 0.0602 e. The van der Waals surface area contributed by atoms with Gasteiger partial charge in [0, 0.05) is 37.2 Å². The molecule has 2 fully saturated rings. The molecule has 2 N–H and O–H groups in total. The van der Waals surface area contributed by atoms with Crippen LogP contribution in [0.25, 0.3) is 0 Å². The lowest BCUT2D eigenvalue weighted by molar-refractivity contribution is 0.147. The summed E-state index contributed by atoms with van der Waals surface area (Å²) < 4.78 is 0. The Morgan fingerprint density at radius 2 is 1.92 bits per heavy atom. The van der Waals surface area contributed by atoms with E-state index in [1.165, 1.54) is 64.0 Å². The fourth-order valence-electron chi connectivity index (χ4n) is 4.68. The van der Waals surface area contributed by atoms with E-state index in [0.29, 0.717) is 6.04 Å². The molecule has 26 heavy (non-hydrogen) atoms. The van der Waals surface area contributed by atoms with Gasteiger partial charge in [-0.1, -0.05) is 42.6 Å². The lowest BCUT2D eigenvalue weighted by Crippen LogP contribution is -2.58. The topological polar surface area (TPSA) is 30.5 Å². The van der Waals surface area contributed by atoms with E-state index < -0.39 is 0 Å². The summed E-state index contributed by atoms with van der Waals surface area (Å²) in [5.41, 5.74) is 1.20. The van der Waals surface area contributed by atoms with Gasteiger partial charge in [-0.25, -0.2) is 0 Å². The molecule has 1 aromatic rings. The van der Waals surface area contributed by atoms with Gasteiger partial charge in [0.2, 0.25) is 0 Å². The lowest BCUT2D eigenvalue weighted by atomic mass is 9.72. The Morgan fingerprint density at radius 1 is 1.15 bits per heavy atom. The number of piperazine rings is 1. The molecule has 1 aliphatic carbocycles. The SMILES string of the molecule is CN[C@@]1(c2ccccc2Cl)CCCC[C@H]1NCCCN1CCN(C)CC1. The number of nitrogens with zero attached hydrogens (tertiary/aromatic N) is 2. The second kappa shape index (κ2) is 9.52. The smallest absolute Gasteiger partial charge is 0.0602 e. The first-order valence-corrected chi connectivity index (χ1v) is 10.6. The minimum atomic E-state index is -0.0512. The van der Waals surface area contributed by atoms with Gasteiger partial charge in [-0.05, 0) is 58.1 Å². The summed E-state index contributed by atoms with van der Waals surface area (Å²) in [5, 5.41) is 8.42. The summed E-state index contributed by atoms with van der Waals surface area (Å²) >= 11 is 6.59. The zero-order valence-electron chi connectivity index (χ0n) is 16.4. The van der Waals surface area contributed by atoms with Crippen LogP contribution in [-0.4, -0.2) is 69.2 Å². The third kappa shape index (κ3) is 4.60. The molecule has 0 aromatic heterocycles. The monoisotopic (exact) mass is 378 g/mol. The predicted octanol–water partition coefficient (Wildman–Crippen LogP) is 2.92. The Kier molecular flexibility index (Phi) is 7.35. The van der Waals surface area contributed by atoms with E-state index in [-0.39, 0.29) is 5.54 Å². The highest BCUT2D eigenvalue weighted by atomic mass is 35.5. The van der Waals surface area contributed by atoms with Crippen molar-refractivity contribution in [2.24, 2.45) is 0 Å². The average Bonchev–Trinajstić information content (AvgIpc) is 2.67. The fraction of sp³-hybridized carbons (Fsp3) is 0.714. The molecule has 1 heterocycles. The van der Waals surface area contributed by atoms with Crippen LogP contribution in [0.4, 0.5) is 0 Å². The van der Waals surface area contributed by atoms with Gasteiger partial charge in [-0.3, -0.25) is 0 Å². The van der Waals surface area contributed by atoms with Gasteiger partial charge in [0.05, 0.1) is 5.54 Å². The molecule has 0 unspecified atom stereocenters. The van der Waals surface area contributed by atoms with E-state index in [0.717, 1.165) is 18.0 Å². The maximum absolute atomic E-state index is 6.59. The Bertz CT molecular complexity index is 559. The van der Waals surface area contributed by atoms with Crippen LogP contribution >= 0.6 is 11.6 Å². The zero-order chi connectivity index (χ0) is 18.4. The van der Waals surface area contributed by atoms with Crippen molar-refractivity contribution in [1.29, 1.82) is 0 Å². The third-order valence-corrected chi connectivity index (χ3v) is 6.68. The second-order valence-electron chi connectivity index (χ2n) is 7.95. The Morgan fingerprint density at radius 3 is 2.65 bits per heavy atom. The van der Waals surface area contributed by atoms with Crippen LogP contribution in [0.1, 0.15) is 37.7 Å². The summed E-state index contributed by atoms with van der Waals surface area (Å²) in [6, 6.07) is 8.79. The number of halogens is 1. The van der Waals surface area contributed by atoms with Crippen molar-refractivity contribution < 1.29 is 0 Å². The Hall–Kier alpha value is -0.650. The van der Waals surface area contributed by atoms with E-state index in [1.807, 2.05) is 12.1 Å². The van der Waals surface area contributed by atoms with Crippen molar-refractivity contribution in [2.75, 3.05) is 53.4 Å². The van der Waals surface area contributed by atoms with E-state index in [1.54, 1.807) is 0 Å². The summed E-state index contributed by atoms with van der Waals surface area (Å²) in [6.45, 7) is 7.09. The van der Waals surface area contributed by atoms with Gasteiger partial charge in [-0.15, -0.1) is 0 Å². The van der Waals surface area contributed by atoms with E-state index in [9.17, 15) is 0 Å². The quantitative estimate of drug-likeness (QED) is 0.714. The van der Waals surface area contributed by atoms with E-state index in [4.69, 9.17) is 11.6 Å². The normalized spacial score (nSPS) is 28.3. The summed E-state index contributed by atoms with van der Waals surface area (Å²) in [5.74, 6) is 0. The van der Waals surface area contributed by atoms with Crippen molar-refractivity contribution in [3.8, 4) is 0 Å². The van der Waals surface area contributed by atoms with E-state index in [2.05, 4.69) is 46.7 Å². The van der Waals surface area contributed by atoms with Crippen molar-refractivity contribution >= 4 is 11.6 Å². The largest absolute Gasteiger partial charge is 0.312 e. The van der Waals surface area contributed by atoms with Gasteiger partial charge in [0.1, 0.15) is 0 Å². The molecule has 3 rings (SSSR count). The van der Waals surface area contributed by atoms with Gasteiger partial charge in [-0.2, -0.15) is 0 Å². The molecule has 2 atom stereocenters. The first kappa shape index (κ1) is 20.1. The number of rotatable bonds is 7. The van der Waals surface area contributed by atoms with Gasteiger partial charge in [0.25, 0.3) is 0 Å². The lowest BCUT2D eigenvalue weighted by Gasteiger charge is -2.45. The molecule has 0 radical (unpaired) electrons. The van der Waals surface area contributed by atoms with Crippen LogP contribution in [0.5, 0.6) is 0 Å². The molecule has 1 aliphatic heterocycles. The predicted molar refractivity (Wildman–Crippen MR) is 111 cm³/mol. The van der Waals surface area contributed by atoms with Crippen LogP contribution in [-0.2, 0) is 5.54 Å². The van der Waals surface area contributed by atoms with Crippen LogP contribution in [0, 0.1) is 0 Å². The van der Waals surface area contributed by atoms with Crippen LogP contribution in [0.15, 0.2) is 24.3 Å². The van der Waals surface area contributed by atoms with Gasteiger partial charge < -0.3 is 20.4 Å². The molecule has 1 saturated heterocycles. The zero-order valence-corrected chi connectivity index (χ0v) is 17.2. The summed E-state index contributed by atoms with van der Waals surface area (Å²) in [4.78, 5) is 5.02. The molecule has 146 valence electrons. The van der Waals surface area contributed by atoms with Crippen molar-refractivity contribution in [3.05, 3.63) is 34.9 Å². The number of likely N-dealkylation sites (N-methyl/N-ethyl adjacent to an activating group) is 2. The van der Waals surface area contributed by atoms with Gasteiger partial charge >= 0.3 is 0 Å². The molecular weight excluding hydrogens is 344 g/mol. The fourth-order valence-corrected chi connectivity index (χ4v) is 4.98. The molecule has 1 aromatic carbocycles. The first-order valence-electron chi connectivity index (χ1n) is 10.2. The number of hydrogen-bond acceptors (Lipinski definition) is 4. The molecule has 0 bridgehead atoms. The maximum atomic E-state index is 6.59. The molecular formula is C21H35ClN4. The molecule has 4 nitrogen and oxygen atoms in total. The number of benzene rings is 1. The van der Waals surface area contributed by atoms with Crippen LogP contribution in [0.3, 0.4) is 0 Å². The first-order chi connectivity index (χ1) is 12.7. The van der Waals surface area contributed by atoms with Crippen molar-refractivity contribution in [3.63, 3.8) is 0 Å². The standard InChI is InChI=1S/C21H35ClN4/c1-23-21(18-8-3-4-9-19(18)22)11-6-5-10-20(21)24-12-7-13-26-16-14-25(2)15-17-26/h3-4,8-9,20,23-24H,5-7,10-17H2,1-2H3/t20-,21-/m1/s1. The average molecular weight is 379 g/mol. The highest BCUT2D eigenvalue weighted by molar-refractivity contribution is 6.31. The second-order valence-corrected chi connectivity index (χ2v) is 8.36. The minimum absolute atomic E-state index is 0.0512. The number of hydrogen-bond donors (Lipinski definition) is 2. The Labute approximate surface area is 164 Å². The van der Waals surface area contributed by atoms with Gasteiger partial charge in [0.15, 0.2) is 0 Å². The van der Waals surface area contributed by atoms with Crippen molar-refractivity contribution in [2.45, 2.75) is 43.7 Å². The molecule has 2 aliphatic rings. The van der Waals surface area contributed by atoms with Crippen LogP contribution < -0.4 is 10.6 Å². The molecule has 0 spiro atoms. The molecule has 0 amide bonds. The summed E-state index contributed by atoms with van der Waals surface area (Å²) in [7, 11) is 4.31. The third-order valence-electron chi connectivity index (χ3n) is 6.35. The van der Waals surface area contributed by atoms with Crippen LogP contribution in [0.2, 0.25) is 5.02 Å². The highest BCUT2D eigenvalue weighted by Gasteiger charge is 2.41. The van der Waals surface area contributed by atoms with Crippen molar-refractivity contribution in [1.82, 2.24) is 20.4 Å².